The van der Waals surface area contributed by atoms with Gasteiger partial charge in [-0.1, -0.05) is 0 Å². The fourth-order valence-corrected chi connectivity index (χ4v) is 4.58. The van der Waals surface area contributed by atoms with Gasteiger partial charge in [-0.2, -0.15) is 4.98 Å². The van der Waals surface area contributed by atoms with Gasteiger partial charge in [0.25, 0.3) is 0 Å². The summed E-state index contributed by atoms with van der Waals surface area (Å²) >= 11 is -1.68. The lowest BCUT2D eigenvalue weighted by Gasteiger charge is -2.15. The van der Waals surface area contributed by atoms with Crippen LogP contribution in [0.25, 0.3) is 11.0 Å². The van der Waals surface area contributed by atoms with Crippen LogP contribution in [0.5, 0.6) is 11.5 Å². The van der Waals surface area contributed by atoms with Crippen LogP contribution in [0.1, 0.15) is 16.8 Å². The normalized spacial score (nSPS) is 12.9. The van der Waals surface area contributed by atoms with Gasteiger partial charge >= 0.3 is 13.0 Å². The summed E-state index contributed by atoms with van der Waals surface area (Å²) in [7, 11) is -1.68. The number of phosphoric ester groups is 1. The van der Waals surface area contributed by atoms with E-state index < -0.39 is 25.7 Å². The van der Waals surface area contributed by atoms with Crippen molar-refractivity contribution in [1.82, 2.24) is 14.5 Å². The van der Waals surface area contributed by atoms with Crippen LogP contribution >= 0.6 is 7.82 Å². The van der Waals surface area contributed by atoms with E-state index in [9.17, 15) is 9.12 Å². The Balaban J connectivity index is 2.02. The van der Waals surface area contributed by atoms with Crippen LogP contribution < -0.4 is 9.47 Å². The zero-order chi connectivity index (χ0) is 22.1. The molecule has 1 atom stereocenters. The zero-order valence-corrected chi connectivity index (χ0v) is 18.6. The van der Waals surface area contributed by atoms with Crippen molar-refractivity contribution in [2.45, 2.75) is 31.5 Å². The minimum Gasteiger partial charge on any atom is -0.609 e. The Bertz CT molecular complexity index is 1110. The number of aromatic nitrogens is 3. The van der Waals surface area contributed by atoms with E-state index in [4.69, 9.17) is 19.3 Å². The molecule has 0 fully saturated rings. The number of benzene rings is 1. The van der Waals surface area contributed by atoms with Crippen molar-refractivity contribution in [3.8, 4) is 11.5 Å². The Morgan fingerprint density at radius 2 is 1.97 bits per heavy atom. The molecule has 0 radical (unpaired) electrons. The molecule has 1 aromatic carbocycles. The average molecular weight is 455 g/mol. The van der Waals surface area contributed by atoms with E-state index in [-0.39, 0.29) is 10.9 Å². The molecular weight excluding hydrogens is 433 g/mol. The molecular formula is C18H22N3O7PS. The van der Waals surface area contributed by atoms with E-state index in [0.29, 0.717) is 28.2 Å². The van der Waals surface area contributed by atoms with Gasteiger partial charge in [0.15, 0.2) is 5.75 Å². The number of fused-ring (bicyclic) bond motifs is 1. The van der Waals surface area contributed by atoms with E-state index in [1.165, 1.54) is 11.7 Å². The van der Waals surface area contributed by atoms with Crippen molar-refractivity contribution < 1.29 is 32.9 Å². The van der Waals surface area contributed by atoms with Gasteiger partial charge < -0.3 is 23.8 Å². The lowest BCUT2D eigenvalue weighted by molar-refractivity contribution is 0.150. The number of ether oxygens (including phenoxy) is 2. The van der Waals surface area contributed by atoms with E-state index >= 15 is 0 Å². The molecule has 2 N–H and O–H groups in total. The van der Waals surface area contributed by atoms with Gasteiger partial charge in [-0.05, 0) is 26.0 Å². The molecule has 0 amide bonds. The first-order valence-electron chi connectivity index (χ1n) is 8.76. The highest BCUT2D eigenvalue weighted by atomic mass is 32.2. The fraction of sp³-hybridized carbons (Fsp3) is 0.333. The predicted molar refractivity (Wildman–Crippen MR) is 110 cm³/mol. The predicted octanol–water partition coefficient (Wildman–Crippen LogP) is 2.44. The Morgan fingerprint density at radius 1 is 1.23 bits per heavy atom. The van der Waals surface area contributed by atoms with Crippen molar-refractivity contribution in [3.63, 3.8) is 0 Å². The van der Waals surface area contributed by atoms with E-state index in [1.807, 2.05) is 13.8 Å². The first-order valence-corrected chi connectivity index (χ1v) is 11.6. The average Bonchev–Trinajstić information content (AvgIpc) is 3.06. The number of hydrogen-bond donors (Lipinski definition) is 2. The van der Waals surface area contributed by atoms with E-state index in [0.717, 1.165) is 11.1 Å². The molecule has 12 heteroatoms. The number of pyridine rings is 1. The number of rotatable bonds is 8. The van der Waals surface area contributed by atoms with Gasteiger partial charge in [-0.25, -0.2) is 4.57 Å². The number of hydrogen-bond acceptors (Lipinski definition) is 7. The smallest absolute Gasteiger partial charge is 0.471 e. The monoisotopic (exact) mass is 455 g/mol. The van der Waals surface area contributed by atoms with Crippen LogP contribution in [-0.2, 0) is 32.7 Å². The summed E-state index contributed by atoms with van der Waals surface area (Å²) in [6, 6.07) is 4.97. The maximum Gasteiger partial charge on any atom is 0.471 e. The van der Waals surface area contributed by atoms with Crippen LogP contribution in [0.3, 0.4) is 0 Å². The first-order chi connectivity index (χ1) is 14.1. The molecule has 2 heterocycles. The highest BCUT2D eigenvalue weighted by Gasteiger charge is 2.27. The Morgan fingerprint density at radius 3 is 2.60 bits per heavy atom. The molecule has 3 rings (SSSR count). The van der Waals surface area contributed by atoms with Crippen molar-refractivity contribution in [2.75, 3.05) is 14.2 Å². The van der Waals surface area contributed by atoms with Crippen molar-refractivity contribution in [1.29, 1.82) is 0 Å². The second-order valence-corrected chi connectivity index (χ2v) is 9.05. The van der Waals surface area contributed by atoms with Gasteiger partial charge in [0.1, 0.15) is 18.2 Å². The van der Waals surface area contributed by atoms with Crippen LogP contribution in [0.4, 0.5) is 0 Å². The molecule has 0 aliphatic rings. The van der Waals surface area contributed by atoms with E-state index in [2.05, 4.69) is 14.5 Å². The molecule has 0 bridgehead atoms. The van der Waals surface area contributed by atoms with Gasteiger partial charge in [0.2, 0.25) is 0 Å². The minimum absolute atomic E-state index is 0.0405. The first kappa shape index (κ1) is 22.5. The highest BCUT2D eigenvalue weighted by Crippen LogP contribution is 2.37. The van der Waals surface area contributed by atoms with Crippen molar-refractivity contribution >= 4 is 30.0 Å². The quantitative estimate of drug-likeness (QED) is 0.387. The molecule has 10 nitrogen and oxygen atoms in total. The Labute approximate surface area is 176 Å². The summed E-state index contributed by atoms with van der Waals surface area (Å²) in [5.41, 5.74) is 3.15. The van der Waals surface area contributed by atoms with Crippen LogP contribution in [0.2, 0.25) is 0 Å². The second-order valence-electron chi connectivity index (χ2n) is 6.46. The van der Waals surface area contributed by atoms with Crippen molar-refractivity contribution in [3.05, 3.63) is 41.2 Å². The van der Waals surface area contributed by atoms with Crippen LogP contribution in [0, 0.1) is 13.8 Å². The number of phosphoric acid groups is 1. The molecule has 0 aliphatic heterocycles. The maximum atomic E-state index is 13.2. The lowest BCUT2D eigenvalue weighted by Crippen LogP contribution is -2.15. The summed E-state index contributed by atoms with van der Waals surface area (Å²) < 4.78 is 41.0. The maximum absolute atomic E-state index is 13.2. The minimum atomic E-state index is -4.74. The topological polar surface area (TPSA) is 139 Å². The van der Waals surface area contributed by atoms with E-state index in [1.54, 1.807) is 31.5 Å². The van der Waals surface area contributed by atoms with Gasteiger partial charge in [0, 0.05) is 34.6 Å². The number of methoxy groups -OCH3 is 2. The number of imidazole rings is 1. The second kappa shape index (κ2) is 8.93. The van der Waals surface area contributed by atoms with Gasteiger partial charge in [-0.15, -0.1) is 0 Å². The number of aryl methyl sites for hydroxylation is 1. The summed E-state index contributed by atoms with van der Waals surface area (Å²) in [6.07, 6.45) is 1.64. The molecule has 0 aliphatic carbocycles. The highest BCUT2D eigenvalue weighted by molar-refractivity contribution is 7.90. The number of nitrogens with zero attached hydrogens (tertiary/aromatic N) is 3. The summed E-state index contributed by atoms with van der Waals surface area (Å²) in [6.45, 7) is 3.18. The van der Waals surface area contributed by atoms with Crippen LogP contribution in [-0.4, -0.2) is 43.1 Å². The molecule has 3 aromatic rings. The summed E-state index contributed by atoms with van der Waals surface area (Å²) in [5.74, 6) is 1.25. The third-order valence-corrected chi connectivity index (χ3v) is 6.20. The molecule has 0 saturated carbocycles. The third kappa shape index (κ3) is 4.77. The molecule has 0 spiro atoms. The molecule has 0 saturated heterocycles. The van der Waals surface area contributed by atoms with Gasteiger partial charge in [-0.3, -0.25) is 14.1 Å². The zero-order valence-electron chi connectivity index (χ0n) is 16.9. The Kier molecular flexibility index (Phi) is 6.71. The lowest BCUT2D eigenvalue weighted by atomic mass is 10.1. The largest absolute Gasteiger partial charge is 0.609 e. The van der Waals surface area contributed by atoms with Gasteiger partial charge in [0.05, 0.1) is 30.9 Å². The third-order valence-electron chi connectivity index (χ3n) is 4.50. The molecule has 162 valence electrons. The summed E-state index contributed by atoms with van der Waals surface area (Å²) in [5, 5.41) is 0.104. The van der Waals surface area contributed by atoms with Crippen molar-refractivity contribution in [2.24, 2.45) is 0 Å². The standard InChI is InChI=1S/C18H22N3O7PS/c1-11-8-19-15(12(2)17(11)27-4)9-30(25)18-20-14-7-13(26-3)5-6-16(14)21(18)10-28-29(22,23)24/h5-8H,9-10H2,1-4H3,(H2,22,23,24). The summed E-state index contributed by atoms with van der Waals surface area (Å²) in [4.78, 5) is 26.9. The van der Waals surface area contributed by atoms with Crippen LogP contribution in [0.15, 0.2) is 29.6 Å². The molecule has 1 unspecified atom stereocenters. The SMILES string of the molecule is COc1ccc2c(c1)nc([S+]([O-])Cc1ncc(C)c(OC)c1C)n2COP(=O)(O)O. The Hall–Kier alpha value is -2.14. The molecule has 30 heavy (non-hydrogen) atoms. The fourth-order valence-electron chi connectivity index (χ4n) is 3.05. The molecule has 2 aromatic heterocycles.